The molecule has 2 N–H and O–H groups in total. The smallest absolute Gasteiger partial charge is 0.143 e. The summed E-state index contributed by atoms with van der Waals surface area (Å²) in [5.74, 6) is 0.782. The van der Waals surface area contributed by atoms with E-state index in [0.717, 1.165) is 9.37 Å². The van der Waals surface area contributed by atoms with Crippen molar-refractivity contribution in [3.05, 3.63) is 64.1 Å². The van der Waals surface area contributed by atoms with Crippen LogP contribution in [0.3, 0.4) is 0 Å². The van der Waals surface area contributed by atoms with Crippen molar-refractivity contribution in [1.29, 1.82) is 10.5 Å². The van der Waals surface area contributed by atoms with Crippen LogP contribution in [-0.2, 0) is 0 Å². The summed E-state index contributed by atoms with van der Waals surface area (Å²) in [6, 6.07) is 19.1. The first-order chi connectivity index (χ1) is 13.1. The molecule has 0 radical (unpaired) electrons. The predicted octanol–water partition coefficient (Wildman–Crippen LogP) is 5.00. The summed E-state index contributed by atoms with van der Waals surface area (Å²) in [6.07, 6.45) is 0. The van der Waals surface area contributed by atoms with Crippen molar-refractivity contribution in [2.75, 3.05) is 12.8 Å². The third kappa shape index (κ3) is 3.90. The van der Waals surface area contributed by atoms with E-state index in [1.165, 1.54) is 11.8 Å². The Morgan fingerprint density at radius 3 is 2.19 bits per heavy atom. The van der Waals surface area contributed by atoms with Gasteiger partial charge in [0.15, 0.2) is 0 Å². The molecule has 0 saturated heterocycles. The Morgan fingerprint density at radius 1 is 1.00 bits per heavy atom. The molecule has 0 aliphatic heterocycles. The van der Waals surface area contributed by atoms with Crippen molar-refractivity contribution in [2.45, 2.75) is 9.92 Å². The van der Waals surface area contributed by atoms with Gasteiger partial charge < -0.3 is 10.5 Å². The minimum atomic E-state index is 0.0990. The Balaban J connectivity index is 2.18. The second-order valence-electron chi connectivity index (χ2n) is 5.44. The molecule has 0 atom stereocenters. The summed E-state index contributed by atoms with van der Waals surface area (Å²) in [6.45, 7) is 0. The molecule has 0 amide bonds. The van der Waals surface area contributed by atoms with Gasteiger partial charge in [-0.25, -0.2) is 4.98 Å². The van der Waals surface area contributed by atoms with Crippen molar-refractivity contribution in [3.8, 4) is 29.0 Å². The number of halogens is 1. The summed E-state index contributed by atoms with van der Waals surface area (Å²) in [4.78, 5) is 5.22. The highest BCUT2D eigenvalue weighted by Crippen LogP contribution is 2.38. The molecule has 0 aliphatic rings. The Morgan fingerprint density at radius 2 is 1.63 bits per heavy atom. The lowest BCUT2D eigenvalue weighted by Crippen LogP contribution is -2.03. The number of pyridine rings is 1. The van der Waals surface area contributed by atoms with Crippen LogP contribution in [-0.4, -0.2) is 12.1 Å². The number of benzene rings is 2. The first-order valence-corrected chi connectivity index (χ1v) is 9.39. The van der Waals surface area contributed by atoms with Crippen molar-refractivity contribution in [1.82, 2.24) is 4.98 Å². The van der Waals surface area contributed by atoms with Gasteiger partial charge >= 0.3 is 0 Å². The summed E-state index contributed by atoms with van der Waals surface area (Å²) >= 11 is 4.73. The second kappa shape index (κ2) is 8.13. The Hall–Kier alpha value is -3.00. The van der Waals surface area contributed by atoms with Gasteiger partial charge in [0.05, 0.1) is 12.7 Å². The van der Waals surface area contributed by atoms with Gasteiger partial charge in [-0.3, -0.25) is 0 Å². The number of rotatable bonds is 4. The highest BCUT2D eigenvalue weighted by Gasteiger charge is 2.21. The molecule has 0 aliphatic carbocycles. The standard InChI is InChI=1S/C20H13BrN4OS/c1-26-14-6-2-12(3-7-14)18-16(10-22)19(24)25-20(17(18)11-23)27-15-8-4-13(21)5-9-15/h2-9H,1H3,(H2,24,25). The number of ether oxygens (including phenoxy) is 1. The van der Waals surface area contributed by atoms with Crippen LogP contribution in [0.1, 0.15) is 11.1 Å². The fourth-order valence-electron chi connectivity index (χ4n) is 2.53. The SMILES string of the molecule is COc1ccc(-c2c(C#N)c(N)nc(Sc3ccc(Br)cc3)c2C#N)cc1. The fourth-order valence-corrected chi connectivity index (χ4v) is 3.69. The van der Waals surface area contributed by atoms with E-state index in [0.29, 0.717) is 27.5 Å². The molecule has 1 aromatic heterocycles. The number of hydrogen-bond donors (Lipinski definition) is 1. The minimum absolute atomic E-state index is 0.0990. The Kier molecular flexibility index (Phi) is 5.66. The molecule has 5 nitrogen and oxygen atoms in total. The average molecular weight is 437 g/mol. The van der Waals surface area contributed by atoms with Crippen molar-refractivity contribution < 1.29 is 4.74 Å². The number of anilines is 1. The molecule has 132 valence electrons. The summed E-state index contributed by atoms with van der Waals surface area (Å²) in [7, 11) is 1.58. The van der Waals surface area contributed by atoms with Crippen molar-refractivity contribution in [3.63, 3.8) is 0 Å². The van der Waals surface area contributed by atoms with Gasteiger partial charge in [0, 0.05) is 14.9 Å². The number of nitrogens with two attached hydrogens (primary N) is 1. The molecule has 7 heteroatoms. The van der Waals surface area contributed by atoms with Gasteiger partial charge in [-0.15, -0.1) is 0 Å². The highest BCUT2D eigenvalue weighted by atomic mass is 79.9. The van der Waals surface area contributed by atoms with E-state index in [2.05, 4.69) is 33.1 Å². The van der Waals surface area contributed by atoms with Gasteiger partial charge in [-0.05, 0) is 42.0 Å². The lowest BCUT2D eigenvalue weighted by Gasteiger charge is -2.13. The molecule has 0 fully saturated rings. The van der Waals surface area contributed by atoms with Gasteiger partial charge in [-0.1, -0.05) is 39.8 Å². The van der Waals surface area contributed by atoms with E-state index in [4.69, 9.17) is 10.5 Å². The molecule has 3 aromatic rings. The van der Waals surface area contributed by atoms with Crippen LogP contribution in [0.5, 0.6) is 5.75 Å². The van der Waals surface area contributed by atoms with E-state index < -0.39 is 0 Å². The quantitative estimate of drug-likeness (QED) is 0.618. The Bertz CT molecular complexity index is 1070. The van der Waals surface area contributed by atoms with E-state index >= 15 is 0 Å². The van der Waals surface area contributed by atoms with Crippen molar-refractivity contribution >= 4 is 33.5 Å². The van der Waals surface area contributed by atoms with Crippen LogP contribution in [0.2, 0.25) is 0 Å². The van der Waals surface area contributed by atoms with Crippen LogP contribution in [0.15, 0.2) is 62.9 Å². The molecule has 27 heavy (non-hydrogen) atoms. The maximum Gasteiger partial charge on any atom is 0.143 e. The molecule has 0 spiro atoms. The van der Waals surface area contributed by atoms with Gasteiger partial charge in [-0.2, -0.15) is 10.5 Å². The predicted molar refractivity (Wildman–Crippen MR) is 108 cm³/mol. The molecule has 2 aromatic carbocycles. The number of nitrogens with zero attached hydrogens (tertiary/aromatic N) is 3. The number of aromatic nitrogens is 1. The topological polar surface area (TPSA) is 95.7 Å². The van der Waals surface area contributed by atoms with E-state index in [1.807, 2.05) is 24.3 Å². The molecular formula is C20H13BrN4OS. The number of nitrogen functional groups attached to an aromatic ring is 1. The summed E-state index contributed by atoms with van der Waals surface area (Å²) in [5.41, 5.74) is 7.73. The van der Waals surface area contributed by atoms with Crippen LogP contribution in [0, 0.1) is 22.7 Å². The normalized spacial score (nSPS) is 10.1. The molecular weight excluding hydrogens is 424 g/mol. The minimum Gasteiger partial charge on any atom is -0.497 e. The Labute approximate surface area is 169 Å². The maximum absolute atomic E-state index is 9.81. The second-order valence-corrected chi connectivity index (χ2v) is 7.41. The lowest BCUT2D eigenvalue weighted by molar-refractivity contribution is 0.415. The van der Waals surface area contributed by atoms with E-state index in [-0.39, 0.29) is 11.4 Å². The zero-order chi connectivity index (χ0) is 19.4. The average Bonchev–Trinajstić information content (AvgIpc) is 2.69. The molecule has 1 heterocycles. The summed E-state index contributed by atoms with van der Waals surface area (Å²) in [5, 5.41) is 19.8. The number of nitriles is 2. The molecule has 3 rings (SSSR count). The first-order valence-electron chi connectivity index (χ1n) is 7.79. The maximum atomic E-state index is 9.81. The third-order valence-corrected chi connectivity index (χ3v) is 5.35. The number of hydrogen-bond acceptors (Lipinski definition) is 6. The summed E-state index contributed by atoms with van der Waals surface area (Å²) < 4.78 is 6.14. The molecule has 0 bridgehead atoms. The van der Waals surface area contributed by atoms with Crippen LogP contribution < -0.4 is 10.5 Å². The van der Waals surface area contributed by atoms with Crippen molar-refractivity contribution in [2.24, 2.45) is 0 Å². The van der Waals surface area contributed by atoms with Gasteiger partial charge in [0.25, 0.3) is 0 Å². The third-order valence-electron chi connectivity index (χ3n) is 3.82. The zero-order valence-electron chi connectivity index (χ0n) is 14.2. The van der Waals surface area contributed by atoms with E-state index in [1.54, 1.807) is 31.4 Å². The van der Waals surface area contributed by atoms with Crippen LogP contribution in [0.25, 0.3) is 11.1 Å². The monoisotopic (exact) mass is 436 g/mol. The van der Waals surface area contributed by atoms with Crippen LogP contribution >= 0.6 is 27.7 Å². The van der Waals surface area contributed by atoms with Crippen LogP contribution in [0.4, 0.5) is 5.82 Å². The highest BCUT2D eigenvalue weighted by molar-refractivity contribution is 9.10. The van der Waals surface area contributed by atoms with E-state index in [9.17, 15) is 10.5 Å². The van der Waals surface area contributed by atoms with Gasteiger partial charge in [0.1, 0.15) is 34.3 Å². The fraction of sp³-hybridized carbons (Fsp3) is 0.0500. The molecule has 0 saturated carbocycles. The van der Waals surface area contributed by atoms with Gasteiger partial charge in [0.2, 0.25) is 0 Å². The molecule has 0 unspecified atom stereocenters. The largest absolute Gasteiger partial charge is 0.497 e. The number of methoxy groups -OCH3 is 1. The zero-order valence-corrected chi connectivity index (χ0v) is 16.6. The first kappa shape index (κ1) is 18.8. The lowest BCUT2D eigenvalue weighted by atomic mass is 9.97.